The molecular formula is C23H26N2O3S3. The summed E-state index contributed by atoms with van der Waals surface area (Å²) in [6, 6.07) is 6.24. The molecule has 0 saturated heterocycles. The molecule has 5 nitrogen and oxygen atoms in total. The summed E-state index contributed by atoms with van der Waals surface area (Å²) in [5.41, 5.74) is 3.84. The molecular weight excluding hydrogens is 448 g/mol. The number of hydrogen-bond donors (Lipinski definition) is 1. The Morgan fingerprint density at radius 2 is 2.00 bits per heavy atom. The van der Waals surface area contributed by atoms with Crippen molar-refractivity contribution in [2.24, 2.45) is 0 Å². The molecule has 1 N–H and O–H groups in total. The summed E-state index contributed by atoms with van der Waals surface area (Å²) in [6.45, 7) is 0.728. The third-order valence-electron chi connectivity index (χ3n) is 5.18. The van der Waals surface area contributed by atoms with Gasteiger partial charge in [-0.25, -0.2) is 0 Å². The first kappa shape index (κ1) is 23.8. The molecule has 2 aromatic rings. The number of benzene rings is 1. The average Bonchev–Trinajstić information content (AvgIpc) is 2.79. The van der Waals surface area contributed by atoms with Crippen molar-refractivity contribution in [2.75, 3.05) is 25.4 Å². The van der Waals surface area contributed by atoms with E-state index in [4.69, 9.17) is 9.84 Å². The first-order valence-corrected chi connectivity index (χ1v) is 13.7. The summed E-state index contributed by atoms with van der Waals surface area (Å²) < 4.78 is 5.97. The molecule has 0 atom stereocenters. The van der Waals surface area contributed by atoms with Crippen molar-refractivity contribution in [3.05, 3.63) is 46.8 Å². The molecule has 0 spiro atoms. The standard InChI is InChI=1S/C23H26N2O3S3/c1-29-21-14-20-19(23(30-2,31-3)10-11-28-20)13-17(21)9-8-16-12-18(25-24-15-16)6-4-5-7-22(26)27/h12-15H,4-7,10-11H2,1-3H3,(H,26,27). The maximum atomic E-state index is 10.6. The highest BCUT2D eigenvalue weighted by Crippen LogP contribution is 2.53. The summed E-state index contributed by atoms with van der Waals surface area (Å²) in [5, 5.41) is 17.0. The van der Waals surface area contributed by atoms with E-state index in [2.05, 4.69) is 52.9 Å². The lowest BCUT2D eigenvalue weighted by atomic mass is 10.0. The van der Waals surface area contributed by atoms with Crippen LogP contribution in [0.1, 0.15) is 48.1 Å². The molecule has 0 amide bonds. The average molecular weight is 475 g/mol. The second-order valence-corrected chi connectivity index (χ2v) is 10.4. The normalized spacial score (nSPS) is 14.2. The zero-order valence-electron chi connectivity index (χ0n) is 17.9. The van der Waals surface area contributed by atoms with E-state index in [0.717, 1.165) is 46.9 Å². The number of aromatic nitrogens is 2. The number of unbranched alkanes of at least 4 members (excludes halogenated alkanes) is 1. The number of nitrogens with zero attached hydrogens (tertiary/aromatic N) is 2. The van der Waals surface area contributed by atoms with E-state index in [9.17, 15) is 4.79 Å². The van der Waals surface area contributed by atoms with Crippen LogP contribution in [0, 0.1) is 11.8 Å². The maximum absolute atomic E-state index is 10.6. The number of carbonyl (C=O) groups is 1. The van der Waals surface area contributed by atoms with Crippen LogP contribution in [0.2, 0.25) is 0 Å². The Morgan fingerprint density at radius 3 is 2.71 bits per heavy atom. The number of hydrogen-bond acceptors (Lipinski definition) is 7. The Morgan fingerprint density at radius 1 is 1.19 bits per heavy atom. The molecule has 0 saturated carbocycles. The highest BCUT2D eigenvalue weighted by atomic mass is 32.2. The van der Waals surface area contributed by atoms with E-state index in [1.54, 1.807) is 18.0 Å². The van der Waals surface area contributed by atoms with Gasteiger partial charge in [0.25, 0.3) is 0 Å². The van der Waals surface area contributed by atoms with Gasteiger partial charge >= 0.3 is 5.97 Å². The van der Waals surface area contributed by atoms with E-state index in [-0.39, 0.29) is 10.5 Å². The predicted octanol–water partition coefficient (Wildman–Crippen LogP) is 5.06. The lowest BCUT2D eigenvalue weighted by molar-refractivity contribution is -0.137. The minimum Gasteiger partial charge on any atom is -0.493 e. The molecule has 1 aromatic carbocycles. The zero-order chi connectivity index (χ0) is 22.3. The van der Waals surface area contributed by atoms with Crippen LogP contribution in [0.5, 0.6) is 5.75 Å². The van der Waals surface area contributed by atoms with E-state index >= 15 is 0 Å². The van der Waals surface area contributed by atoms with E-state index < -0.39 is 5.97 Å². The first-order chi connectivity index (χ1) is 15.0. The Kier molecular flexibility index (Phi) is 8.58. The van der Waals surface area contributed by atoms with Crippen LogP contribution < -0.4 is 4.74 Å². The second kappa shape index (κ2) is 11.2. The Bertz CT molecular complexity index is 997. The molecule has 1 aromatic heterocycles. The topological polar surface area (TPSA) is 72.3 Å². The molecule has 0 radical (unpaired) electrons. The lowest BCUT2D eigenvalue weighted by Crippen LogP contribution is -2.26. The van der Waals surface area contributed by atoms with E-state index in [0.29, 0.717) is 12.8 Å². The number of fused-ring (bicyclic) bond motifs is 1. The van der Waals surface area contributed by atoms with Crippen molar-refractivity contribution in [1.82, 2.24) is 10.2 Å². The highest BCUT2D eigenvalue weighted by molar-refractivity contribution is 8.16. The Labute approximate surface area is 196 Å². The number of carboxylic acid groups (broad SMARTS) is 1. The fourth-order valence-electron chi connectivity index (χ4n) is 3.51. The van der Waals surface area contributed by atoms with Gasteiger partial charge in [-0.05, 0) is 56.2 Å². The third-order valence-corrected chi connectivity index (χ3v) is 9.13. The molecule has 3 rings (SSSR count). The van der Waals surface area contributed by atoms with Gasteiger partial charge in [0.2, 0.25) is 0 Å². The molecule has 0 bridgehead atoms. The van der Waals surface area contributed by atoms with Crippen LogP contribution in [0.15, 0.2) is 29.3 Å². The SMILES string of the molecule is CSc1cc2c(cc1C#Cc1cnnc(CCCCC(=O)O)c1)C(SC)(SC)CCO2. The van der Waals surface area contributed by atoms with Crippen molar-refractivity contribution < 1.29 is 14.6 Å². The van der Waals surface area contributed by atoms with Gasteiger partial charge in [-0.2, -0.15) is 10.2 Å². The molecule has 1 aliphatic rings. The molecule has 0 unspecified atom stereocenters. The number of aryl methyl sites for hydroxylation is 1. The number of aliphatic carboxylic acids is 1. The summed E-state index contributed by atoms with van der Waals surface area (Å²) in [6.07, 6.45) is 11.3. The van der Waals surface area contributed by atoms with Crippen LogP contribution in [-0.2, 0) is 15.3 Å². The molecule has 0 aliphatic carbocycles. The quantitative estimate of drug-likeness (QED) is 0.246. The summed E-state index contributed by atoms with van der Waals surface area (Å²) >= 11 is 5.38. The van der Waals surface area contributed by atoms with Gasteiger partial charge in [0.1, 0.15) is 5.75 Å². The molecule has 2 heterocycles. The van der Waals surface area contributed by atoms with Gasteiger partial charge in [0.15, 0.2) is 0 Å². The summed E-state index contributed by atoms with van der Waals surface area (Å²) in [7, 11) is 0. The number of thioether (sulfide) groups is 3. The van der Waals surface area contributed by atoms with Crippen LogP contribution in [0.3, 0.4) is 0 Å². The number of carboxylic acids is 1. The van der Waals surface area contributed by atoms with E-state index in [1.165, 1.54) is 5.56 Å². The van der Waals surface area contributed by atoms with Gasteiger partial charge in [-0.15, -0.1) is 35.3 Å². The van der Waals surface area contributed by atoms with Crippen molar-refractivity contribution in [2.45, 2.75) is 41.1 Å². The third kappa shape index (κ3) is 5.91. The molecule has 31 heavy (non-hydrogen) atoms. The van der Waals surface area contributed by atoms with Gasteiger partial charge in [0.05, 0.1) is 22.6 Å². The van der Waals surface area contributed by atoms with Crippen molar-refractivity contribution in [1.29, 1.82) is 0 Å². The van der Waals surface area contributed by atoms with Crippen LogP contribution in [0.4, 0.5) is 0 Å². The molecule has 8 heteroatoms. The first-order valence-electron chi connectivity index (χ1n) is 10.0. The largest absolute Gasteiger partial charge is 0.493 e. The minimum atomic E-state index is -0.766. The lowest BCUT2D eigenvalue weighted by Gasteiger charge is -2.36. The molecule has 164 valence electrons. The highest BCUT2D eigenvalue weighted by Gasteiger charge is 2.37. The second-order valence-electron chi connectivity index (χ2n) is 7.09. The fourth-order valence-corrected chi connectivity index (χ4v) is 6.06. The van der Waals surface area contributed by atoms with Gasteiger partial charge in [-0.1, -0.05) is 11.8 Å². The monoisotopic (exact) mass is 474 g/mol. The fraction of sp³-hybridized carbons (Fsp3) is 0.435. The van der Waals surface area contributed by atoms with Gasteiger partial charge in [0, 0.05) is 34.4 Å². The minimum absolute atomic E-state index is 0.0116. The van der Waals surface area contributed by atoms with Crippen LogP contribution in [-0.4, -0.2) is 46.6 Å². The summed E-state index contributed by atoms with van der Waals surface area (Å²) in [4.78, 5) is 11.7. The Balaban J connectivity index is 1.85. The summed E-state index contributed by atoms with van der Waals surface area (Å²) in [5.74, 6) is 6.77. The smallest absolute Gasteiger partial charge is 0.303 e. The number of rotatable bonds is 8. The maximum Gasteiger partial charge on any atom is 0.303 e. The van der Waals surface area contributed by atoms with Crippen molar-refractivity contribution in [3.8, 4) is 17.6 Å². The van der Waals surface area contributed by atoms with Crippen molar-refractivity contribution in [3.63, 3.8) is 0 Å². The zero-order valence-corrected chi connectivity index (χ0v) is 20.4. The van der Waals surface area contributed by atoms with Crippen LogP contribution >= 0.6 is 35.3 Å². The van der Waals surface area contributed by atoms with Gasteiger partial charge < -0.3 is 9.84 Å². The van der Waals surface area contributed by atoms with Crippen molar-refractivity contribution >= 4 is 41.3 Å². The Hall–Kier alpha value is -1.82. The molecule has 0 fully saturated rings. The molecule has 1 aliphatic heterocycles. The van der Waals surface area contributed by atoms with E-state index in [1.807, 2.05) is 29.6 Å². The number of ether oxygens (including phenoxy) is 1. The van der Waals surface area contributed by atoms with Gasteiger partial charge in [-0.3, -0.25) is 4.79 Å². The van der Waals surface area contributed by atoms with Crippen LogP contribution in [0.25, 0.3) is 0 Å². The predicted molar refractivity (Wildman–Crippen MR) is 130 cm³/mol.